The highest BCUT2D eigenvalue weighted by atomic mass is 79.9. The Bertz CT molecular complexity index is 1310. The lowest BCUT2D eigenvalue weighted by Gasteiger charge is -2.36. The molecule has 1 heterocycles. The van der Waals surface area contributed by atoms with Crippen LogP contribution in [0.15, 0.2) is 88.2 Å². The molecule has 0 saturated carbocycles. The summed E-state index contributed by atoms with van der Waals surface area (Å²) in [5.41, 5.74) is 1.95. The van der Waals surface area contributed by atoms with E-state index in [9.17, 15) is 18.0 Å². The molecular weight excluding hydrogens is 544 g/mol. The van der Waals surface area contributed by atoms with Crippen LogP contribution >= 0.6 is 15.9 Å². The average Bonchev–Trinajstić information content (AvgIpc) is 2.89. The number of nitrogens with one attached hydrogen (secondary N) is 2. The first-order valence-electron chi connectivity index (χ1n) is 11.6. The van der Waals surface area contributed by atoms with Gasteiger partial charge >= 0.3 is 0 Å². The number of benzene rings is 3. The van der Waals surface area contributed by atoms with Gasteiger partial charge in [0.05, 0.1) is 16.1 Å². The maximum atomic E-state index is 13.2. The number of carbonyl (C=O) groups excluding carboxylic acids is 2. The molecule has 0 atom stereocenters. The van der Waals surface area contributed by atoms with Crippen LogP contribution in [-0.2, 0) is 14.8 Å². The van der Waals surface area contributed by atoms with Gasteiger partial charge in [0.2, 0.25) is 15.9 Å². The summed E-state index contributed by atoms with van der Waals surface area (Å²) in [4.78, 5) is 29.9. The highest BCUT2D eigenvalue weighted by Gasteiger charge is 2.24. The summed E-state index contributed by atoms with van der Waals surface area (Å²) < 4.78 is 28.0. The van der Waals surface area contributed by atoms with Crippen molar-refractivity contribution in [2.24, 2.45) is 0 Å². The minimum atomic E-state index is -3.72. The molecular formula is C26H27BrN4O4S. The Morgan fingerprint density at radius 3 is 2.17 bits per heavy atom. The number of hydrogen-bond donors (Lipinski definition) is 2. The zero-order chi connectivity index (χ0) is 25.5. The molecule has 0 unspecified atom stereocenters. The number of sulfonamides is 1. The van der Waals surface area contributed by atoms with E-state index < -0.39 is 10.0 Å². The number of rotatable bonds is 8. The maximum absolute atomic E-state index is 13.2. The number of halogens is 1. The lowest BCUT2D eigenvalue weighted by molar-refractivity contribution is -0.116. The van der Waals surface area contributed by atoms with Gasteiger partial charge in [-0.1, -0.05) is 46.3 Å². The third kappa shape index (κ3) is 6.51. The molecule has 3 aromatic carbocycles. The van der Waals surface area contributed by atoms with E-state index >= 15 is 0 Å². The van der Waals surface area contributed by atoms with Gasteiger partial charge in [0.25, 0.3) is 5.91 Å². The van der Waals surface area contributed by atoms with Gasteiger partial charge < -0.3 is 15.1 Å². The summed E-state index contributed by atoms with van der Waals surface area (Å²) in [6, 6.07) is 23.2. The fourth-order valence-electron chi connectivity index (χ4n) is 3.96. The van der Waals surface area contributed by atoms with Crippen molar-refractivity contribution in [2.75, 3.05) is 42.9 Å². The van der Waals surface area contributed by atoms with E-state index in [-0.39, 0.29) is 29.7 Å². The predicted octanol–water partition coefficient (Wildman–Crippen LogP) is 3.72. The molecule has 0 aromatic heterocycles. The van der Waals surface area contributed by atoms with Gasteiger partial charge in [-0.3, -0.25) is 9.59 Å². The molecule has 10 heteroatoms. The zero-order valence-electron chi connectivity index (χ0n) is 19.6. The second-order valence-electron chi connectivity index (χ2n) is 8.31. The number of amides is 2. The first-order valence-corrected chi connectivity index (χ1v) is 13.8. The zero-order valence-corrected chi connectivity index (χ0v) is 22.0. The summed E-state index contributed by atoms with van der Waals surface area (Å²) in [7, 11) is -3.72. The Hall–Kier alpha value is -3.21. The van der Waals surface area contributed by atoms with Crippen molar-refractivity contribution in [3.8, 4) is 0 Å². The van der Waals surface area contributed by atoms with Gasteiger partial charge in [-0.25, -0.2) is 13.1 Å². The van der Waals surface area contributed by atoms with Gasteiger partial charge in [0.1, 0.15) is 0 Å². The first-order chi connectivity index (χ1) is 17.3. The van der Waals surface area contributed by atoms with Crippen LogP contribution in [-0.4, -0.2) is 57.9 Å². The fourth-order valence-corrected chi connectivity index (χ4v) is 5.26. The molecule has 0 bridgehead atoms. The second-order valence-corrected chi connectivity index (χ2v) is 11.0. The lowest BCUT2D eigenvalue weighted by Crippen LogP contribution is -2.48. The summed E-state index contributed by atoms with van der Waals surface area (Å²) in [6.07, 6.45) is -0.0754. The number of piperazine rings is 1. The fraction of sp³-hybridized carbons (Fsp3) is 0.231. The molecule has 1 aliphatic rings. The molecule has 0 radical (unpaired) electrons. The van der Waals surface area contributed by atoms with Crippen molar-refractivity contribution in [1.82, 2.24) is 9.62 Å². The molecule has 1 aliphatic heterocycles. The second kappa shape index (κ2) is 11.7. The summed E-state index contributed by atoms with van der Waals surface area (Å²) >= 11 is 3.27. The molecule has 8 nitrogen and oxygen atoms in total. The maximum Gasteiger partial charge on any atom is 0.256 e. The Morgan fingerprint density at radius 2 is 1.47 bits per heavy atom. The van der Waals surface area contributed by atoms with Crippen LogP contribution < -0.4 is 14.9 Å². The van der Waals surface area contributed by atoms with E-state index in [0.29, 0.717) is 24.3 Å². The minimum absolute atomic E-state index is 0.0677. The van der Waals surface area contributed by atoms with E-state index in [0.717, 1.165) is 23.2 Å². The third-order valence-corrected chi connectivity index (χ3v) is 7.89. The van der Waals surface area contributed by atoms with Crippen LogP contribution in [0.1, 0.15) is 16.8 Å². The Labute approximate surface area is 219 Å². The standard InChI is InChI=1S/C26H27BrN4O4S/c27-20-10-12-22(13-11-20)36(34,35)28-15-14-25(32)29-24-9-5-4-8-23(24)26(33)31-18-16-30(17-19-31)21-6-2-1-3-7-21/h1-13,28H,14-19H2,(H,29,32). The van der Waals surface area contributed by atoms with E-state index in [2.05, 4.69) is 43.0 Å². The molecule has 2 amide bonds. The highest BCUT2D eigenvalue weighted by molar-refractivity contribution is 9.10. The SMILES string of the molecule is O=C(CCNS(=O)(=O)c1ccc(Br)cc1)Nc1ccccc1C(=O)N1CCN(c2ccccc2)CC1. The number of hydrogen-bond acceptors (Lipinski definition) is 5. The summed E-state index contributed by atoms with van der Waals surface area (Å²) in [5.74, 6) is -0.530. The molecule has 188 valence electrons. The van der Waals surface area contributed by atoms with Gasteiger partial charge in [0, 0.05) is 49.3 Å². The number of anilines is 2. The average molecular weight is 571 g/mol. The third-order valence-electron chi connectivity index (χ3n) is 5.89. The molecule has 3 aromatic rings. The lowest BCUT2D eigenvalue weighted by atomic mass is 10.1. The smallest absolute Gasteiger partial charge is 0.256 e. The van der Waals surface area contributed by atoms with Crippen LogP contribution in [0.3, 0.4) is 0 Å². The summed E-state index contributed by atoms with van der Waals surface area (Å²) in [6.45, 7) is 2.54. The number of nitrogens with zero attached hydrogens (tertiary/aromatic N) is 2. The Kier molecular flexibility index (Phi) is 8.40. The van der Waals surface area contributed by atoms with Crippen LogP contribution in [0.5, 0.6) is 0 Å². The van der Waals surface area contributed by atoms with Crippen molar-refractivity contribution >= 4 is 49.1 Å². The normalized spacial score (nSPS) is 13.9. The van der Waals surface area contributed by atoms with Crippen molar-refractivity contribution in [2.45, 2.75) is 11.3 Å². The quantitative estimate of drug-likeness (QED) is 0.430. The number of carbonyl (C=O) groups is 2. The van der Waals surface area contributed by atoms with Gasteiger partial charge in [-0.15, -0.1) is 0 Å². The highest BCUT2D eigenvalue weighted by Crippen LogP contribution is 2.21. The van der Waals surface area contributed by atoms with E-state index in [1.54, 1.807) is 41.3 Å². The molecule has 4 rings (SSSR count). The molecule has 1 fully saturated rings. The van der Waals surface area contributed by atoms with Crippen molar-refractivity contribution < 1.29 is 18.0 Å². The van der Waals surface area contributed by atoms with Crippen LogP contribution in [0.25, 0.3) is 0 Å². The minimum Gasteiger partial charge on any atom is -0.368 e. The topological polar surface area (TPSA) is 98.8 Å². The molecule has 36 heavy (non-hydrogen) atoms. The van der Waals surface area contributed by atoms with E-state index in [4.69, 9.17) is 0 Å². The molecule has 1 saturated heterocycles. The largest absolute Gasteiger partial charge is 0.368 e. The first kappa shape index (κ1) is 25.9. The van der Waals surface area contributed by atoms with Crippen LogP contribution in [0, 0.1) is 0 Å². The molecule has 0 aliphatic carbocycles. The molecule has 2 N–H and O–H groups in total. The predicted molar refractivity (Wildman–Crippen MR) is 144 cm³/mol. The van der Waals surface area contributed by atoms with Gasteiger partial charge in [-0.2, -0.15) is 0 Å². The van der Waals surface area contributed by atoms with Crippen molar-refractivity contribution in [3.05, 3.63) is 88.9 Å². The van der Waals surface area contributed by atoms with E-state index in [1.165, 1.54) is 12.1 Å². The summed E-state index contributed by atoms with van der Waals surface area (Å²) in [5, 5.41) is 2.76. The van der Waals surface area contributed by atoms with Crippen LogP contribution in [0.2, 0.25) is 0 Å². The van der Waals surface area contributed by atoms with E-state index in [1.807, 2.05) is 18.2 Å². The van der Waals surface area contributed by atoms with Crippen molar-refractivity contribution in [3.63, 3.8) is 0 Å². The monoisotopic (exact) mass is 570 g/mol. The van der Waals surface area contributed by atoms with Crippen molar-refractivity contribution in [1.29, 1.82) is 0 Å². The number of para-hydroxylation sites is 2. The Morgan fingerprint density at radius 1 is 0.833 bits per heavy atom. The Balaban J connectivity index is 1.32. The van der Waals surface area contributed by atoms with Gasteiger partial charge in [-0.05, 0) is 48.5 Å². The van der Waals surface area contributed by atoms with Crippen LogP contribution in [0.4, 0.5) is 11.4 Å². The molecule has 0 spiro atoms. The van der Waals surface area contributed by atoms with Gasteiger partial charge in [0.15, 0.2) is 0 Å².